The lowest BCUT2D eigenvalue weighted by Crippen LogP contribution is -2.47. The monoisotopic (exact) mass is 374 g/mol. The Balaban J connectivity index is 1.40. The molecule has 0 saturated carbocycles. The van der Waals surface area contributed by atoms with Crippen LogP contribution in [0.4, 0.5) is 0 Å². The summed E-state index contributed by atoms with van der Waals surface area (Å²) in [5, 5.41) is 6.91. The largest absolute Gasteiger partial charge is 0.492 e. The van der Waals surface area contributed by atoms with Gasteiger partial charge in [-0.15, -0.1) is 0 Å². The van der Waals surface area contributed by atoms with Gasteiger partial charge in [0.25, 0.3) is 0 Å². The van der Waals surface area contributed by atoms with Gasteiger partial charge in [0.2, 0.25) is 0 Å². The lowest BCUT2D eigenvalue weighted by molar-refractivity contribution is 0.0992. The van der Waals surface area contributed by atoms with Crippen molar-refractivity contribution < 1.29 is 9.47 Å². The average Bonchev–Trinajstić information content (AvgIpc) is 3.32. The molecule has 2 N–H and O–H groups in total. The summed E-state index contributed by atoms with van der Waals surface area (Å²) in [6.07, 6.45) is 4.25. The third kappa shape index (κ3) is 5.59. The summed E-state index contributed by atoms with van der Waals surface area (Å²) in [5.41, 5.74) is 1.21. The minimum absolute atomic E-state index is 0.348. The number of nitrogens with zero attached hydrogens (tertiary/aromatic N) is 2. The van der Waals surface area contributed by atoms with Crippen LogP contribution in [0.15, 0.2) is 29.3 Å². The molecular formula is C21H34N4O2. The zero-order valence-electron chi connectivity index (χ0n) is 16.9. The zero-order valence-corrected chi connectivity index (χ0v) is 16.9. The maximum Gasteiger partial charge on any atom is 0.191 e. The van der Waals surface area contributed by atoms with E-state index in [0.717, 1.165) is 57.3 Å². The van der Waals surface area contributed by atoms with Gasteiger partial charge >= 0.3 is 0 Å². The maximum atomic E-state index is 5.91. The Labute approximate surface area is 163 Å². The third-order valence-electron chi connectivity index (χ3n) is 5.61. The number of fused-ring (bicyclic) bond motifs is 2. The lowest BCUT2D eigenvalue weighted by Gasteiger charge is -2.22. The van der Waals surface area contributed by atoms with Crippen molar-refractivity contribution in [2.75, 3.05) is 33.3 Å². The normalized spacial score (nSPS) is 24.4. The first-order valence-corrected chi connectivity index (χ1v) is 10.3. The molecule has 2 heterocycles. The molecule has 0 aromatic heterocycles. The molecule has 3 rings (SSSR count). The van der Waals surface area contributed by atoms with Crippen LogP contribution in [-0.2, 0) is 11.3 Å². The Morgan fingerprint density at radius 2 is 2.00 bits per heavy atom. The number of guanidine groups is 1. The van der Waals surface area contributed by atoms with E-state index in [9.17, 15) is 0 Å². The summed E-state index contributed by atoms with van der Waals surface area (Å²) in [5.74, 6) is 1.77. The summed E-state index contributed by atoms with van der Waals surface area (Å²) in [6.45, 7) is 8.91. The summed E-state index contributed by atoms with van der Waals surface area (Å²) in [7, 11) is 1.82. The average molecular weight is 375 g/mol. The molecule has 6 heteroatoms. The zero-order chi connectivity index (χ0) is 19.1. The van der Waals surface area contributed by atoms with E-state index in [0.29, 0.717) is 18.2 Å². The second-order valence-electron chi connectivity index (χ2n) is 7.31. The van der Waals surface area contributed by atoms with Crippen LogP contribution in [0, 0.1) is 0 Å². The van der Waals surface area contributed by atoms with Gasteiger partial charge in [-0.1, -0.05) is 26.0 Å². The van der Waals surface area contributed by atoms with Gasteiger partial charge < -0.3 is 25.0 Å². The molecular weight excluding hydrogens is 340 g/mol. The number of hydrogen-bond donors (Lipinski definition) is 2. The maximum absolute atomic E-state index is 5.91. The summed E-state index contributed by atoms with van der Waals surface area (Å²) in [6, 6.07) is 8.68. The van der Waals surface area contributed by atoms with E-state index in [4.69, 9.17) is 9.47 Å². The summed E-state index contributed by atoms with van der Waals surface area (Å²) in [4.78, 5) is 6.71. The standard InChI is InChI=1S/C21H34N4O2/c1-4-25(5-2)12-13-26-17-8-6-16(7-9-17)15-23-21(22-3)24-19-14-18-10-11-20(19)27-18/h6-9,18-20H,4-5,10-15H2,1-3H3,(H2,22,23,24). The predicted octanol–water partition coefficient (Wildman–Crippen LogP) is 2.39. The van der Waals surface area contributed by atoms with Gasteiger partial charge in [-0.05, 0) is 50.0 Å². The van der Waals surface area contributed by atoms with E-state index in [2.05, 4.69) is 46.5 Å². The number of aliphatic imine (C=N–C) groups is 1. The van der Waals surface area contributed by atoms with Gasteiger partial charge in [0.15, 0.2) is 5.96 Å². The van der Waals surface area contributed by atoms with Crippen LogP contribution in [0.5, 0.6) is 5.75 Å². The molecule has 2 aliphatic rings. The fourth-order valence-corrected chi connectivity index (χ4v) is 3.88. The predicted molar refractivity (Wildman–Crippen MR) is 109 cm³/mol. The SMILES string of the molecule is CCN(CC)CCOc1ccc(CNC(=NC)NC2CC3CCC2O3)cc1. The van der Waals surface area contributed by atoms with Crippen molar-refractivity contribution >= 4 is 5.96 Å². The quantitative estimate of drug-likeness (QED) is 0.513. The Bertz CT molecular complexity index is 601. The smallest absolute Gasteiger partial charge is 0.191 e. The Morgan fingerprint density at radius 1 is 1.22 bits per heavy atom. The van der Waals surface area contributed by atoms with E-state index >= 15 is 0 Å². The minimum atomic E-state index is 0.348. The molecule has 0 spiro atoms. The van der Waals surface area contributed by atoms with E-state index in [1.807, 2.05) is 19.2 Å². The molecule has 2 bridgehead atoms. The molecule has 27 heavy (non-hydrogen) atoms. The van der Waals surface area contributed by atoms with Crippen molar-refractivity contribution in [2.45, 2.75) is 57.9 Å². The molecule has 0 amide bonds. The highest BCUT2D eigenvalue weighted by atomic mass is 16.5. The first-order valence-electron chi connectivity index (χ1n) is 10.3. The minimum Gasteiger partial charge on any atom is -0.492 e. The molecule has 6 nitrogen and oxygen atoms in total. The molecule has 3 atom stereocenters. The molecule has 2 saturated heterocycles. The Hall–Kier alpha value is -1.79. The van der Waals surface area contributed by atoms with E-state index in [1.165, 1.54) is 12.0 Å². The van der Waals surface area contributed by atoms with Crippen molar-refractivity contribution in [3.05, 3.63) is 29.8 Å². The first-order chi connectivity index (χ1) is 13.2. The van der Waals surface area contributed by atoms with E-state index in [-0.39, 0.29) is 0 Å². The van der Waals surface area contributed by atoms with Crippen LogP contribution in [0.25, 0.3) is 0 Å². The van der Waals surface area contributed by atoms with Crippen molar-refractivity contribution in [1.29, 1.82) is 0 Å². The van der Waals surface area contributed by atoms with Crippen LogP contribution in [0.3, 0.4) is 0 Å². The molecule has 3 unspecified atom stereocenters. The van der Waals surface area contributed by atoms with Gasteiger partial charge in [-0.3, -0.25) is 4.99 Å². The second kappa shape index (κ2) is 9.95. The highest BCUT2D eigenvalue weighted by Crippen LogP contribution is 2.34. The topological polar surface area (TPSA) is 58.1 Å². The van der Waals surface area contributed by atoms with Gasteiger partial charge in [-0.2, -0.15) is 0 Å². The van der Waals surface area contributed by atoms with Crippen LogP contribution < -0.4 is 15.4 Å². The number of likely N-dealkylation sites (N-methyl/N-ethyl adjacent to an activating group) is 1. The number of hydrogen-bond acceptors (Lipinski definition) is 4. The first kappa shape index (κ1) is 20.0. The number of rotatable bonds is 9. The molecule has 2 fully saturated rings. The molecule has 0 radical (unpaired) electrons. The van der Waals surface area contributed by atoms with Crippen LogP contribution in [-0.4, -0.2) is 62.4 Å². The molecule has 150 valence electrons. The fraction of sp³-hybridized carbons (Fsp3) is 0.667. The Morgan fingerprint density at radius 3 is 2.59 bits per heavy atom. The molecule has 1 aromatic rings. The van der Waals surface area contributed by atoms with Crippen molar-refractivity contribution in [2.24, 2.45) is 4.99 Å². The van der Waals surface area contributed by atoms with Crippen molar-refractivity contribution in [3.63, 3.8) is 0 Å². The summed E-state index contributed by atoms with van der Waals surface area (Å²) < 4.78 is 11.8. The molecule has 2 aliphatic heterocycles. The number of benzene rings is 1. The van der Waals surface area contributed by atoms with Gasteiger partial charge in [0.05, 0.1) is 18.2 Å². The molecule has 1 aromatic carbocycles. The van der Waals surface area contributed by atoms with Gasteiger partial charge in [-0.25, -0.2) is 0 Å². The molecule has 0 aliphatic carbocycles. The lowest BCUT2D eigenvalue weighted by atomic mass is 9.96. The second-order valence-corrected chi connectivity index (χ2v) is 7.31. The summed E-state index contributed by atoms with van der Waals surface area (Å²) >= 11 is 0. The highest BCUT2D eigenvalue weighted by molar-refractivity contribution is 5.80. The number of ether oxygens (including phenoxy) is 2. The van der Waals surface area contributed by atoms with Crippen LogP contribution in [0.1, 0.15) is 38.7 Å². The highest BCUT2D eigenvalue weighted by Gasteiger charge is 2.41. The third-order valence-corrected chi connectivity index (χ3v) is 5.61. The van der Waals surface area contributed by atoms with E-state index in [1.54, 1.807) is 0 Å². The Kier molecular flexibility index (Phi) is 7.35. The van der Waals surface area contributed by atoms with Crippen molar-refractivity contribution in [1.82, 2.24) is 15.5 Å². The number of nitrogens with one attached hydrogen (secondary N) is 2. The van der Waals surface area contributed by atoms with Crippen LogP contribution >= 0.6 is 0 Å². The van der Waals surface area contributed by atoms with Crippen LogP contribution in [0.2, 0.25) is 0 Å². The van der Waals surface area contributed by atoms with E-state index < -0.39 is 0 Å². The van der Waals surface area contributed by atoms with Gasteiger partial charge in [0, 0.05) is 20.1 Å². The fourth-order valence-electron chi connectivity index (χ4n) is 3.88. The van der Waals surface area contributed by atoms with Gasteiger partial charge in [0.1, 0.15) is 12.4 Å². The van der Waals surface area contributed by atoms with Crippen molar-refractivity contribution in [3.8, 4) is 5.75 Å².